The Balaban J connectivity index is 2.04. The number of nitrogens with zero attached hydrogens (tertiary/aromatic N) is 1. The van der Waals surface area contributed by atoms with E-state index < -0.39 is 5.97 Å². The van der Waals surface area contributed by atoms with Crippen LogP contribution in [0.25, 0.3) is 0 Å². The molecule has 0 aromatic rings. The zero-order valence-electron chi connectivity index (χ0n) is 11.4. The predicted molar refractivity (Wildman–Crippen MR) is 71.7 cm³/mol. The van der Waals surface area contributed by atoms with E-state index in [0.29, 0.717) is 12.1 Å². The molecule has 1 aliphatic heterocycles. The number of hydrogen-bond donors (Lipinski definition) is 2. The Kier molecular flexibility index (Phi) is 5.01. The molecule has 1 aliphatic carbocycles. The van der Waals surface area contributed by atoms with Crippen molar-refractivity contribution in [1.82, 2.24) is 10.2 Å². The van der Waals surface area contributed by atoms with Gasteiger partial charge in [0.25, 0.3) is 0 Å². The quantitative estimate of drug-likeness (QED) is 0.755. The molecule has 0 aromatic heterocycles. The SMILES string of the molecule is CC1CNCC(CC(=O)O)N1C1CCCCCC1. The standard InChI is InChI=1S/C14H26N2O2/c1-11-9-15-10-13(8-14(17)18)16(11)12-6-4-2-3-5-7-12/h11-13,15H,2-10H2,1H3,(H,17,18). The van der Waals surface area contributed by atoms with E-state index >= 15 is 0 Å². The van der Waals surface area contributed by atoms with E-state index in [-0.39, 0.29) is 12.5 Å². The van der Waals surface area contributed by atoms with Crippen molar-refractivity contribution in [2.24, 2.45) is 0 Å². The number of rotatable bonds is 3. The summed E-state index contributed by atoms with van der Waals surface area (Å²) in [5.41, 5.74) is 0. The summed E-state index contributed by atoms with van der Waals surface area (Å²) in [7, 11) is 0. The fourth-order valence-electron chi connectivity index (χ4n) is 3.62. The van der Waals surface area contributed by atoms with Crippen LogP contribution < -0.4 is 5.32 Å². The van der Waals surface area contributed by atoms with Crippen LogP contribution in [0.2, 0.25) is 0 Å². The van der Waals surface area contributed by atoms with E-state index in [1.165, 1.54) is 38.5 Å². The third kappa shape index (κ3) is 3.45. The minimum Gasteiger partial charge on any atom is -0.481 e. The van der Waals surface area contributed by atoms with Gasteiger partial charge in [0.1, 0.15) is 0 Å². The summed E-state index contributed by atoms with van der Waals surface area (Å²) in [4.78, 5) is 13.5. The molecule has 2 fully saturated rings. The average molecular weight is 254 g/mol. The molecular weight excluding hydrogens is 228 g/mol. The van der Waals surface area contributed by atoms with Crippen molar-refractivity contribution in [2.75, 3.05) is 13.1 Å². The van der Waals surface area contributed by atoms with Crippen molar-refractivity contribution in [1.29, 1.82) is 0 Å². The Bertz CT molecular complexity index is 275. The monoisotopic (exact) mass is 254 g/mol. The van der Waals surface area contributed by atoms with Crippen molar-refractivity contribution in [2.45, 2.75) is 70.0 Å². The Labute approximate surface area is 110 Å². The van der Waals surface area contributed by atoms with Gasteiger partial charge in [-0.05, 0) is 19.8 Å². The molecule has 0 radical (unpaired) electrons. The van der Waals surface area contributed by atoms with Crippen LogP contribution in [0.15, 0.2) is 0 Å². The first-order valence-corrected chi connectivity index (χ1v) is 7.38. The lowest BCUT2D eigenvalue weighted by Gasteiger charge is -2.45. The topological polar surface area (TPSA) is 52.6 Å². The van der Waals surface area contributed by atoms with Crippen LogP contribution in [0.4, 0.5) is 0 Å². The van der Waals surface area contributed by atoms with Gasteiger partial charge in [0.05, 0.1) is 6.42 Å². The highest BCUT2D eigenvalue weighted by Crippen LogP contribution is 2.27. The Morgan fingerprint density at radius 3 is 2.50 bits per heavy atom. The van der Waals surface area contributed by atoms with Gasteiger partial charge >= 0.3 is 5.97 Å². The lowest BCUT2D eigenvalue weighted by molar-refractivity contribution is -0.139. The molecule has 1 saturated carbocycles. The molecule has 18 heavy (non-hydrogen) atoms. The smallest absolute Gasteiger partial charge is 0.304 e. The van der Waals surface area contributed by atoms with E-state index in [9.17, 15) is 4.79 Å². The first-order chi connectivity index (χ1) is 8.68. The summed E-state index contributed by atoms with van der Waals surface area (Å²) in [5, 5.41) is 12.4. The zero-order chi connectivity index (χ0) is 13.0. The van der Waals surface area contributed by atoms with Crippen LogP contribution in [0.5, 0.6) is 0 Å². The van der Waals surface area contributed by atoms with Gasteiger partial charge in [-0.1, -0.05) is 25.7 Å². The maximum Gasteiger partial charge on any atom is 0.304 e. The fourth-order valence-corrected chi connectivity index (χ4v) is 3.62. The number of nitrogens with one attached hydrogen (secondary N) is 1. The number of carboxylic acids is 1. The molecule has 0 amide bonds. The second-order valence-corrected chi connectivity index (χ2v) is 5.85. The van der Waals surface area contributed by atoms with E-state index in [1.807, 2.05) is 0 Å². The number of aliphatic carboxylic acids is 1. The number of piperazine rings is 1. The molecule has 0 bridgehead atoms. The van der Waals surface area contributed by atoms with Gasteiger partial charge < -0.3 is 10.4 Å². The largest absolute Gasteiger partial charge is 0.481 e. The highest BCUT2D eigenvalue weighted by Gasteiger charge is 2.34. The van der Waals surface area contributed by atoms with Crippen LogP contribution in [0.3, 0.4) is 0 Å². The molecule has 1 heterocycles. The zero-order valence-corrected chi connectivity index (χ0v) is 11.4. The van der Waals surface area contributed by atoms with Gasteiger partial charge in [0.2, 0.25) is 0 Å². The van der Waals surface area contributed by atoms with Gasteiger partial charge in [0.15, 0.2) is 0 Å². The van der Waals surface area contributed by atoms with Gasteiger partial charge in [0, 0.05) is 31.2 Å². The predicted octanol–water partition coefficient (Wildman–Crippen LogP) is 1.85. The Morgan fingerprint density at radius 1 is 1.22 bits per heavy atom. The molecule has 2 atom stereocenters. The highest BCUT2D eigenvalue weighted by molar-refractivity contribution is 5.67. The summed E-state index contributed by atoms with van der Waals surface area (Å²) in [6.07, 6.45) is 8.08. The summed E-state index contributed by atoms with van der Waals surface area (Å²) < 4.78 is 0. The van der Waals surface area contributed by atoms with Crippen molar-refractivity contribution < 1.29 is 9.90 Å². The number of carbonyl (C=O) groups is 1. The molecule has 4 nitrogen and oxygen atoms in total. The molecule has 104 valence electrons. The van der Waals surface area contributed by atoms with Crippen molar-refractivity contribution >= 4 is 5.97 Å². The van der Waals surface area contributed by atoms with E-state index in [1.54, 1.807) is 0 Å². The van der Waals surface area contributed by atoms with Gasteiger partial charge in [-0.2, -0.15) is 0 Å². The molecular formula is C14H26N2O2. The third-order valence-corrected chi connectivity index (χ3v) is 4.41. The normalized spacial score (nSPS) is 32.1. The minimum absolute atomic E-state index is 0.175. The maximum atomic E-state index is 11.0. The summed E-state index contributed by atoms with van der Waals surface area (Å²) in [6, 6.07) is 1.24. The molecule has 0 spiro atoms. The molecule has 2 N–H and O–H groups in total. The lowest BCUT2D eigenvalue weighted by Crippen LogP contribution is -2.60. The third-order valence-electron chi connectivity index (χ3n) is 4.41. The second kappa shape index (κ2) is 6.53. The first kappa shape index (κ1) is 13.8. The van der Waals surface area contributed by atoms with Crippen molar-refractivity contribution in [3.05, 3.63) is 0 Å². The summed E-state index contributed by atoms with van der Waals surface area (Å²) >= 11 is 0. The highest BCUT2D eigenvalue weighted by atomic mass is 16.4. The number of carboxylic acid groups (broad SMARTS) is 1. The fraction of sp³-hybridized carbons (Fsp3) is 0.929. The van der Waals surface area contributed by atoms with Gasteiger partial charge in [-0.25, -0.2) is 0 Å². The number of hydrogen-bond acceptors (Lipinski definition) is 3. The first-order valence-electron chi connectivity index (χ1n) is 7.38. The maximum absolute atomic E-state index is 11.0. The van der Waals surface area contributed by atoms with Crippen LogP contribution in [0.1, 0.15) is 51.9 Å². The van der Waals surface area contributed by atoms with Gasteiger partial charge in [-0.3, -0.25) is 9.69 Å². The Hall–Kier alpha value is -0.610. The summed E-state index contributed by atoms with van der Waals surface area (Å²) in [5.74, 6) is -0.672. The minimum atomic E-state index is -0.672. The molecule has 0 aromatic carbocycles. The van der Waals surface area contributed by atoms with Gasteiger partial charge in [-0.15, -0.1) is 0 Å². The van der Waals surface area contributed by atoms with Crippen LogP contribution in [-0.4, -0.2) is 47.2 Å². The average Bonchev–Trinajstić information content (AvgIpc) is 2.57. The molecule has 4 heteroatoms. The lowest BCUT2D eigenvalue weighted by atomic mass is 9.98. The van der Waals surface area contributed by atoms with E-state index in [4.69, 9.17) is 5.11 Å². The van der Waals surface area contributed by atoms with Crippen LogP contribution in [0, 0.1) is 0 Å². The molecule has 2 unspecified atom stereocenters. The summed E-state index contributed by atoms with van der Waals surface area (Å²) in [6.45, 7) is 4.05. The van der Waals surface area contributed by atoms with Crippen molar-refractivity contribution in [3.63, 3.8) is 0 Å². The molecule has 2 rings (SSSR count). The second-order valence-electron chi connectivity index (χ2n) is 5.85. The van der Waals surface area contributed by atoms with Crippen LogP contribution in [-0.2, 0) is 4.79 Å². The van der Waals surface area contributed by atoms with E-state index in [0.717, 1.165) is 13.1 Å². The van der Waals surface area contributed by atoms with E-state index in [2.05, 4.69) is 17.1 Å². The Morgan fingerprint density at radius 2 is 1.89 bits per heavy atom. The van der Waals surface area contributed by atoms with Crippen molar-refractivity contribution in [3.8, 4) is 0 Å². The van der Waals surface area contributed by atoms with Crippen LogP contribution >= 0.6 is 0 Å². The molecule has 1 saturated heterocycles. The molecule has 2 aliphatic rings.